The van der Waals surface area contributed by atoms with Crippen LogP contribution in [0.5, 0.6) is 0 Å². The van der Waals surface area contributed by atoms with E-state index in [1.807, 2.05) is 6.92 Å². The predicted molar refractivity (Wildman–Crippen MR) is 95.9 cm³/mol. The van der Waals surface area contributed by atoms with E-state index in [9.17, 15) is 14.7 Å². The van der Waals surface area contributed by atoms with Crippen molar-refractivity contribution in [3.05, 3.63) is 11.3 Å². The fourth-order valence-corrected chi connectivity index (χ4v) is 3.16. The first kappa shape index (κ1) is 20.7. The maximum atomic E-state index is 12.1. The molecule has 0 unspecified atom stereocenters. The van der Waals surface area contributed by atoms with Gasteiger partial charge in [-0.25, -0.2) is 4.79 Å². The van der Waals surface area contributed by atoms with Crippen LogP contribution < -0.4 is 0 Å². The van der Waals surface area contributed by atoms with Gasteiger partial charge in [-0.1, -0.05) is 71.6 Å². The van der Waals surface area contributed by atoms with Gasteiger partial charge in [0.1, 0.15) is 17.4 Å². The van der Waals surface area contributed by atoms with Crippen molar-refractivity contribution in [2.45, 2.75) is 103 Å². The number of aliphatic hydroxyl groups is 1. The summed E-state index contributed by atoms with van der Waals surface area (Å²) in [6, 6.07) is 0. The molecule has 0 spiro atoms. The van der Waals surface area contributed by atoms with Gasteiger partial charge in [0, 0.05) is 12.8 Å². The lowest BCUT2D eigenvalue weighted by Gasteiger charge is -2.23. The number of unbranched alkanes of at least 4 members (excludes halogenated alkanes) is 8. The standard InChI is InChI=1S/C20H34O4/c1-3-5-6-7-8-9-10-11-12-14-17(21)19-18(22)15-16(13-4-2)24-20(19)23/h16,21H,3-15H2,1-2H3/b19-17+/t16-/m1/s1. The fourth-order valence-electron chi connectivity index (χ4n) is 3.16. The van der Waals surface area contributed by atoms with E-state index in [4.69, 9.17) is 4.74 Å². The number of allylic oxidation sites excluding steroid dienone is 1. The summed E-state index contributed by atoms with van der Waals surface area (Å²) in [6.07, 6.45) is 12.5. The predicted octanol–water partition coefficient (Wildman–Crippen LogP) is 5.40. The number of carbonyl (C=O) groups excluding carboxylic acids is 2. The molecule has 1 rings (SSSR count). The molecule has 1 fully saturated rings. The molecule has 0 aromatic carbocycles. The molecule has 0 bridgehead atoms. The van der Waals surface area contributed by atoms with Crippen molar-refractivity contribution in [1.29, 1.82) is 0 Å². The summed E-state index contributed by atoms with van der Waals surface area (Å²) in [6.45, 7) is 4.21. The lowest BCUT2D eigenvalue weighted by molar-refractivity contribution is -0.151. The number of ketones is 1. The molecule has 0 aliphatic carbocycles. The average Bonchev–Trinajstić information content (AvgIpc) is 2.53. The number of cyclic esters (lactones) is 1. The summed E-state index contributed by atoms with van der Waals surface area (Å²) in [7, 11) is 0. The molecule has 1 saturated heterocycles. The van der Waals surface area contributed by atoms with Crippen molar-refractivity contribution in [2.75, 3.05) is 0 Å². The number of rotatable bonds is 12. The molecular formula is C20H34O4. The quantitative estimate of drug-likeness (QED) is 0.170. The lowest BCUT2D eigenvalue weighted by atomic mass is 9.96. The molecule has 24 heavy (non-hydrogen) atoms. The summed E-state index contributed by atoms with van der Waals surface area (Å²) in [4.78, 5) is 24.0. The van der Waals surface area contributed by atoms with Gasteiger partial charge in [0.25, 0.3) is 0 Å². The van der Waals surface area contributed by atoms with E-state index in [-0.39, 0.29) is 29.6 Å². The summed E-state index contributed by atoms with van der Waals surface area (Å²) < 4.78 is 5.24. The van der Waals surface area contributed by atoms with Crippen LogP contribution in [0.3, 0.4) is 0 Å². The van der Waals surface area contributed by atoms with Gasteiger partial charge < -0.3 is 9.84 Å². The van der Waals surface area contributed by atoms with Crippen molar-refractivity contribution in [1.82, 2.24) is 0 Å². The Labute approximate surface area is 146 Å². The molecule has 4 nitrogen and oxygen atoms in total. The van der Waals surface area contributed by atoms with Gasteiger partial charge in [-0.2, -0.15) is 0 Å². The largest absolute Gasteiger partial charge is 0.511 e. The number of aliphatic hydroxyl groups excluding tert-OH is 1. The van der Waals surface area contributed by atoms with Crippen LogP contribution >= 0.6 is 0 Å². The third-order valence-corrected chi connectivity index (χ3v) is 4.59. The molecule has 1 aliphatic rings. The summed E-state index contributed by atoms with van der Waals surface area (Å²) >= 11 is 0. The molecule has 0 saturated carbocycles. The summed E-state index contributed by atoms with van der Waals surface area (Å²) in [5.41, 5.74) is -0.109. The zero-order chi connectivity index (χ0) is 17.8. The molecule has 1 N–H and O–H groups in total. The van der Waals surface area contributed by atoms with Crippen LogP contribution in [0.2, 0.25) is 0 Å². The molecule has 138 valence electrons. The highest BCUT2D eigenvalue weighted by molar-refractivity contribution is 6.19. The molecule has 1 aliphatic heterocycles. The van der Waals surface area contributed by atoms with Crippen LogP contribution in [0, 0.1) is 0 Å². The molecule has 0 radical (unpaired) electrons. The Bertz CT molecular complexity index is 405. The zero-order valence-electron chi connectivity index (χ0n) is 15.4. The maximum Gasteiger partial charge on any atom is 0.345 e. The number of hydrogen-bond donors (Lipinski definition) is 1. The highest BCUT2D eigenvalue weighted by atomic mass is 16.5. The van der Waals surface area contributed by atoms with Gasteiger partial charge in [0.2, 0.25) is 0 Å². The number of esters is 1. The number of ether oxygens (including phenoxy) is 1. The van der Waals surface area contributed by atoms with Crippen molar-refractivity contribution in [2.24, 2.45) is 0 Å². The minimum absolute atomic E-state index is 0.0807. The van der Waals surface area contributed by atoms with Gasteiger partial charge >= 0.3 is 5.97 Å². The fraction of sp³-hybridized carbons (Fsp3) is 0.800. The topological polar surface area (TPSA) is 63.6 Å². The second-order valence-electron chi connectivity index (χ2n) is 6.84. The van der Waals surface area contributed by atoms with E-state index in [0.29, 0.717) is 12.8 Å². The molecular weight excluding hydrogens is 304 g/mol. The zero-order valence-corrected chi connectivity index (χ0v) is 15.4. The summed E-state index contributed by atoms with van der Waals surface area (Å²) in [5.74, 6) is -0.987. The van der Waals surface area contributed by atoms with Crippen molar-refractivity contribution in [3.8, 4) is 0 Å². The van der Waals surface area contributed by atoms with Gasteiger partial charge in [-0.15, -0.1) is 0 Å². The Kier molecular flexibility index (Phi) is 10.4. The van der Waals surface area contributed by atoms with E-state index >= 15 is 0 Å². The van der Waals surface area contributed by atoms with E-state index in [2.05, 4.69) is 6.92 Å². The second-order valence-corrected chi connectivity index (χ2v) is 6.84. The third kappa shape index (κ3) is 7.50. The first-order chi connectivity index (χ1) is 11.6. The van der Waals surface area contributed by atoms with Gasteiger partial charge in [0.05, 0.1) is 0 Å². The Hall–Kier alpha value is -1.32. The SMILES string of the molecule is CCCCCCCCCCC/C(O)=C1/C(=O)C[C@@H](CCC)OC1=O. The third-order valence-electron chi connectivity index (χ3n) is 4.59. The first-order valence-corrected chi connectivity index (χ1v) is 9.76. The van der Waals surface area contributed by atoms with E-state index in [0.717, 1.165) is 25.7 Å². The van der Waals surface area contributed by atoms with Gasteiger partial charge in [-0.05, 0) is 12.8 Å². The second kappa shape index (κ2) is 12.1. The van der Waals surface area contributed by atoms with E-state index < -0.39 is 5.97 Å². The Morgan fingerprint density at radius 2 is 1.54 bits per heavy atom. The van der Waals surface area contributed by atoms with Crippen LogP contribution in [0.1, 0.15) is 97.3 Å². The molecule has 0 aromatic heterocycles. The van der Waals surface area contributed by atoms with Crippen LogP contribution in [-0.4, -0.2) is 23.0 Å². The van der Waals surface area contributed by atoms with Crippen LogP contribution in [0.4, 0.5) is 0 Å². The molecule has 0 aromatic rings. The molecule has 1 heterocycles. The van der Waals surface area contributed by atoms with Crippen LogP contribution in [0.25, 0.3) is 0 Å². The van der Waals surface area contributed by atoms with Crippen molar-refractivity contribution < 1.29 is 19.4 Å². The molecule has 0 amide bonds. The summed E-state index contributed by atoms with van der Waals surface area (Å²) in [5, 5.41) is 10.1. The molecule has 4 heteroatoms. The van der Waals surface area contributed by atoms with Crippen LogP contribution in [-0.2, 0) is 14.3 Å². The highest BCUT2D eigenvalue weighted by Crippen LogP contribution is 2.23. The minimum atomic E-state index is -0.641. The molecule has 1 atom stereocenters. The average molecular weight is 338 g/mol. The van der Waals surface area contributed by atoms with E-state index in [1.54, 1.807) is 0 Å². The highest BCUT2D eigenvalue weighted by Gasteiger charge is 2.34. The first-order valence-electron chi connectivity index (χ1n) is 9.76. The number of hydrogen-bond acceptors (Lipinski definition) is 4. The Morgan fingerprint density at radius 3 is 2.08 bits per heavy atom. The van der Waals surface area contributed by atoms with E-state index in [1.165, 1.54) is 38.5 Å². The van der Waals surface area contributed by atoms with Crippen molar-refractivity contribution >= 4 is 11.8 Å². The van der Waals surface area contributed by atoms with Gasteiger partial charge in [0.15, 0.2) is 5.78 Å². The van der Waals surface area contributed by atoms with Crippen molar-refractivity contribution in [3.63, 3.8) is 0 Å². The Morgan fingerprint density at radius 1 is 0.958 bits per heavy atom. The maximum absolute atomic E-state index is 12.1. The number of carbonyl (C=O) groups is 2. The number of Topliss-reactive ketones (excluding diaryl/α,β-unsaturated/α-hetero) is 1. The lowest BCUT2D eigenvalue weighted by Crippen LogP contribution is -2.33. The van der Waals surface area contributed by atoms with Gasteiger partial charge in [-0.3, -0.25) is 4.79 Å². The normalized spacial score (nSPS) is 20.2. The minimum Gasteiger partial charge on any atom is -0.511 e. The smallest absolute Gasteiger partial charge is 0.345 e. The Balaban J connectivity index is 2.26. The van der Waals surface area contributed by atoms with Crippen LogP contribution in [0.15, 0.2) is 11.3 Å². The monoisotopic (exact) mass is 338 g/mol.